The number of carbonyl (C=O) groups is 1. The molecule has 0 aromatic carbocycles. The van der Waals surface area contributed by atoms with Gasteiger partial charge < -0.3 is 30.5 Å². The second-order valence-electron chi connectivity index (χ2n) is 4.31. The molecule has 0 aliphatic heterocycles. The van der Waals surface area contributed by atoms with E-state index in [1.165, 1.54) is 7.05 Å². The van der Waals surface area contributed by atoms with Crippen LogP contribution in [-0.4, -0.2) is 59.5 Å². The van der Waals surface area contributed by atoms with Crippen molar-refractivity contribution in [2.75, 3.05) is 53.2 Å². The molecule has 0 unspecified atom stereocenters. The van der Waals surface area contributed by atoms with E-state index in [0.29, 0.717) is 52.6 Å². The summed E-state index contributed by atoms with van der Waals surface area (Å²) in [6, 6.07) is 0. The average Bonchev–Trinajstić information content (AvgIpc) is 2.43. The highest BCUT2D eigenvalue weighted by Crippen LogP contribution is 1.82. The fraction of sp³-hybridized carbons (Fsp3) is 0.929. The second-order valence-corrected chi connectivity index (χ2v) is 4.31. The Morgan fingerprint density at radius 1 is 0.850 bits per heavy atom. The molecule has 4 N–H and O–H groups in total. The predicted octanol–water partition coefficient (Wildman–Crippen LogP) is 0.821. The molecule has 0 heterocycles. The molecule has 0 aromatic heterocycles. The highest BCUT2D eigenvalue weighted by atomic mass is 16.5. The molecule has 0 aliphatic rings. The minimum Gasteiger partial charge on any atom is -0.379 e. The number of aldehydes is 1. The van der Waals surface area contributed by atoms with Crippen LogP contribution in [0.5, 0.6) is 0 Å². The molecule has 0 radical (unpaired) electrons. The first-order valence-electron chi connectivity index (χ1n) is 7.09. The van der Waals surface area contributed by atoms with Crippen LogP contribution in [0.1, 0.15) is 27.2 Å². The molecule has 20 heavy (non-hydrogen) atoms. The summed E-state index contributed by atoms with van der Waals surface area (Å²) in [5, 5.41) is 0. The summed E-state index contributed by atoms with van der Waals surface area (Å²) >= 11 is 0. The molecule has 6 nitrogen and oxygen atoms in total. The SMILES string of the molecule is CC(C)C.CN.NCCOCCOCCOCCC=O. The van der Waals surface area contributed by atoms with Gasteiger partial charge in [0.05, 0.1) is 39.6 Å². The number of carbonyl (C=O) groups excluding carboxylic acids is 1. The monoisotopic (exact) mass is 294 g/mol. The Hall–Kier alpha value is -0.530. The quantitative estimate of drug-likeness (QED) is 0.432. The standard InChI is InChI=1S/C9H19NO4.C4H10.CH5N/c10-2-5-13-7-9-14-8-6-12-4-1-3-11;1-4(2)3;1-2/h3H,1-2,4-10H2;4H,1-3H3;2H2,1H3. The van der Waals surface area contributed by atoms with E-state index in [-0.39, 0.29) is 0 Å². The van der Waals surface area contributed by atoms with E-state index in [1.54, 1.807) is 0 Å². The van der Waals surface area contributed by atoms with Crippen LogP contribution >= 0.6 is 0 Å². The van der Waals surface area contributed by atoms with Crippen molar-refractivity contribution in [2.45, 2.75) is 27.2 Å². The van der Waals surface area contributed by atoms with E-state index in [2.05, 4.69) is 26.5 Å². The molecule has 0 atom stereocenters. The average molecular weight is 294 g/mol. The van der Waals surface area contributed by atoms with E-state index in [1.807, 2.05) is 0 Å². The summed E-state index contributed by atoms with van der Waals surface area (Å²) in [6.45, 7) is 10.2. The molecule has 0 rings (SSSR count). The fourth-order valence-electron chi connectivity index (χ4n) is 0.757. The first-order valence-corrected chi connectivity index (χ1v) is 7.09. The Morgan fingerprint density at radius 3 is 1.55 bits per heavy atom. The van der Waals surface area contributed by atoms with Gasteiger partial charge in [-0.05, 0) is 13.0 Å². The van der Waals surface area contributed by atoms with E-state index >= 15 is 0 Å². The normalized spacial score (nSPS) is 9.35. The smallest absolute Gasteiger partial charge is 0.122 e. The topological polar surface area (TPSA) is 96.8 Å². The number of hydrogen-bond acceptors (Lipinski definition) is 6. The Bertz CT molecular complexity index is 155. The van der Waals surface area contributed by atoms with Crippen LogP contribution in [-0.2, 0) is 19.0 Å². The van der Waals surface area contributed by atoms with Gasteiger partial charge in [-0.25, -0.2) is 0 Å². The third-order valence-electron chi connectivity index (χ3n) is 1.39. The fourth-order valence-corrected chi connectivity index (χ4v) is 0.757. The van der Waals surface area contributed by atoms with Gasteiger partial charge >= 0.3 is 0 Å². The third kappa shape index (κ3) is 43.2. The summed E-state index contributed by atoms with van der Waals surface area (Å²) < 4.78 is 15.4. The maximum Gasteiger partial charge on any atom is 0.122 e. The van der Waals surface area contributed by atoms with Gasteiger partial charge in [-0.2, -0.15) is 0 Å². The molecular weight excluding hydrogens is 260 g/mol. The third-order valence-corrected chi connectivity index (χ3v) is 1.39. The zero-order valence-electron chi connectivity index (χ0n) is 13.6. The van der Waals surface area contributed by atoms with Crippen molar-refractivity contribution in [3.05, 3.63) is 0 Å². The van der Waals surface area contributed by atoms with Crippen molar-refractivity contribution in [1.82, 2.24) is 0 Å². The van der Waals surface area contributed by atoms with Crippen LogP contribution in [0.25, 0.3) is 0 Å². The van der Waals surface area contributed by atoms with Gasteiger partial charge in [0.15, 0.2) is 0 Å². The maximum atomic E-state index is 9.90. The molecule has 0 spiro atoms. The van der Waals surface area contributed by atoms with Crippen molar-refractivity contribution in [2.24, 2.45) is 17.4 Å². The number of nitrogens with two attached hydrogens (primary N) is 2. The van der Waals surface area contributed by atoms with Crippen LogP contribution in [0.3, 0.4) is 0 Å². The molecule has 0 saturated carbocycles. The van der Waals surface area contributed by atoms with Crippen LogP contribution in [0, 0.1) is 5.92 Å². The van der Waals surface area contributed by atoms with Crippen molar-refractivity contribution in [1.29, 1.82) is 0 Å². The zero-order valence-corrected chi connectivity index (χ0v) is 13.6. The van der Waals surface area contributed by atoms with E-state index in [9.17, 15) is 4.79 Å². The lowest BCUT2D eigenvalue weighted by Gasteiger charge is -2.05. The molecule has 6 heteroatoms. The Morgan fingerprint density at radius 2 is 1.20 bits per heavy atom. The van der Waals surface area contributed by atoms with Crippen LogP contribution < -0.4 is 11.5 Å². The molecule has 0 amide bonds. The van der Waals surface area contributed by atoms with Crippen LogP contribution in [0.4, 0.5) is 0 Å². The molecule has 0 saturated heterocycles. The summed E-state index contributed by atoms with van der Waals surface area (Å²) in [7, 11) is 1.50. The van der Waals surface area contributed by atoms with Crippen molar-refractivity contribution < 1.29 is 19.0 Å². The second kappa shape index (κ2) is 26.9. The van der Waals surface area contributed by atoms with Gasteiger partial charge in [-0.15, -0.1) is 0 Å². The molecule has 0 bridgehead atoms. The number of hydrogen-bond donors (Lipinski definition) is 2. The van der Waals surface area contributed by atoms with E-state index in [0.717, 1.165) is 12.2 Å². The highest BCUT2D eigenvalue weighted by Gasteiger charge is 1.90. The van der Waals surface area contributed by atoms with Gasteiger partial charge in [-0.1, -0.05) is 20.8 Å². The highest BCUT2D eigenvalue weighted by molar-refractivity contribution is 5.49. The summed E-state index contributed by atoms with van der Waals surface area (Å²) in [6.07, 6.45) is 1.28. The largest absolute Gasteiger partial charge is 0.379 e. The number of rotatable bonds is 11. The molecule has 124 valence electrons. The van der Waals surface area contributed by atoms with Crippen LogP contribution in [0.2, 0.25) is 0 Å². The molecule has 0 aliphatic carbocycles. The predicted molar refractivity (Wildman–Crippen MR) is 82.8 cm³/mol. The minimum absolute atomic E-state index is 0.444. The first kappa shape index (κ1) is 24.5. The van der Waals surface area contributed by atoms with Crippen LogP contribution in [0.15, 0.2) is 0 Å². The van der Waals surface area contributed by atoms with Gasteiger partial charge in [0.25, 0.3) is 0 Å². The minimum atomic E-state index is 0.444. The maximum absolute atomic E-state index is 9.90. The Kier molecular flexibility index (Phi) is 33.0. The van der Waals surface area contributed by atoms with Crippen molar-refractivity contribution in [3.8, 4) is 0 Å². The lowest BCUT2D eigenvalue weighted by Crippen LogP contribution is -2.13. The first-order chi connectivity index (χ1) is 9.65. The molecule has 0 fully saturated rings. The summed E-state index contributed by atoms with van der Waals surface area (Å²) in [4.78, 5) is 9.90. The Balaban J connectivity index is -0.000000410. The van der Waals surface area contributed by atoms with Gasteiger partial charge in [0, 0.05) is 13.0 Å². The Labute approximate surface area is 124 Å². The zero-order chi connectivity index (χ0) is 16.1. The lowest BCUT2D eigenvalue weighted by molar-refractivity contribution is -0.108. The summed E-state index contributed by atoms with van der Waals surface area (Å²) in [5.41, 5.74) is 9.72. The van der Waals surface area contributed by atoms with E-state index in [4.69, 9.17) is 19.9 Å². The summed E-state index contributed by atoms with van der Waals surface area (Å²) in [5.74, 6) is 0.833. The van der Waals surface area contributed by atoms with Crippen molar-refractivity contribution in [3.63, 3.8) is 0 Å². The molecular formula is C14H34N2O4. The lowest BCUT2D eigenvalue weighted by atomic mass is 10.3. The molecule has 0 aromatic rings. The van der Waals surface area contributed by atoms with Crippen molar-refractivity contribution >= 4 is 6.29 Å². The van der Waals surface area contributed by atoms with Gasteiger partial charge in [-0.3, -0.25) is 0 Å². The number of ether oxygens (including phenoxy) is 3. The van der Waals surface area contributed by atoms with Gasteiger partial charge in [0.2, 0.25) is 0 Å². The van der Waals surface area contributed by atoms with E-state index < -0.39 is 0 Å². The van der Waals surface area contributed by atoms with Gasteiger partial charge in [0.1, 0.15) is 6.29 Å².